The summed E-state index contributed by atoms with van der Waals surface area (Å²) in [5, 5.41) is 0. The normalized spacial score (nSPS) is 10.9. The van der Waals surface area contributed by atoms with Crippen molar-refractivity contribution in [2.45, 2.75) is 71.6 Å². The molecule has 0 radical (unpaired) electrons. The summed E-state index contributed by atoms with van der Waals surface area (Å²) in [6.07, 6.45) is 13.8. The van der Waals surface area contributed by atoms with Gasteiger partial charge in [-0.15, -0.1) is 0 Å². The lowest BCUT2D eigenvalue weighted by Crippen LogP contribution is -2.00. The molecule has 0 aliphatic heterocycles. The predicted molar refractivity (Wildman–Crippen MR) is 105 cm³/mol. The summed E-state index contributed by atoms with van der Waals surface area (Å²) >= 11 is 0. The third kappa shape index (κ3) is 6.74. The summed E-state index contributed by atoms with van der Waals surface area (Å²) in [7, 11) is 0. The highest BCUT2D eigenvalue weighted by Gasteiger charge is 2.08. The van der Waals surface area contributed by atoms with E-state index in [0.29, 0.717) is 18.1 Å². The second-order valence-electron chi connectivity index (χ2n) is 6.76. The Labute approximate surface area is 157 Å². The highest BCUT2D eigenvalue weighted by Crippen LogP contribution is 2.24. The van der Waals surface area contributed by atoms with Gasteiger partial charge < -0.3 is 4.74 Å². The molecule has 1 heterocycles. The van der Waals surface area contributed by atoms with Crippen LogP contribution >= 0.6 is 0 Å². The van der Waals surface area contributed by atoms with Crippen LogP contribution in [0.4, 0.5) is 4.39 Å². The van der Waals surface area contributed by atoms with Crippen molar-refractivity contribution in [3.05, 3.63) is 42.1 Å². The second-order valence-corrected chi connectivity index (χ2v) is 6.76. The van der Waals surface area contributed by atoms with Crippen molar-refractivity contribution >= 4 is 0 Å². The lowest BCUT2D eigenvalue weighted by atomic mass is 10.1. The number of nitrogens with zero attached hydrogens (tertiary/aromatic N) is 2. The maximum atomic E-state index is 14.3. The van der Waals surface area contributed by atoms with Crippen LogP contribution in [-0.2, 0) is 6.42 Å². The van der Waals surface area contributed by atoms with Gasteiger partial charge in [0.1, 0.15) is 0 Å². The first kappa shape index (κ1) is 20.3. The fraction of sp³-hybridized carbons (Fsp3) is 0.545. The van der Waals surface area contributed by atoms with Gasteiger partial charge >= 0.3 is 0 Å². The monoisotopic (exact) mass is 358 g/mol. The quantitative estimate of drug-likeness (QED) is 0.414. The number of unbranched alkanes of at least 4 members (excludes halogenated alkanes) is 6. The zero-order valence-corrected chi connectivity index (χ0v) is 16.1. The molecule has 0 saturated carbocycles. The van der Waals surface area contributed by atoms with Crippen LogP contribution in [0.5, 0.6) is 5.75 Å². The van der Waals surface area contributed by atoms with Gasteiger partial charge in [0.25, 0.3) is 0 Å². The Balaban J connectivity index is 1.89. The molecule has 1 aromatic heterocycles. The van der Waals surface area contributed by atoms with E-state index in [4.69, 9.17) is 4.74 Å². The van der Waals surface area contributed by atoms with Crippen LogP contribution in [0.15, 0.2) is 30.6 Å². The number of ether oxygens (including phenoxy) is 1. The van der Waals surface area contributed by atoms with E-state index in [9.17, 15) is 4.39 Å². The van der Waals surface area contributed by atoms with Crippen LogP contribution in [0.1, 0.15) is 70.9 Å². The number of benzene rings is 1. The number of aromatic nitrogens is 2. The van der Waals surface area contributed by atoms with Crippen molar-refractivity contribution in [1.82, 2.24) is 9.97 Å². The maximum absolute atomic E-state index is 14.3. The van der Waals surface area contributed by atoms with Crippen LogP contribution in [0, 0.1) is 5.82 Å². The molecule has 0 aliphatic rings. The summed E-state index contributed by atoms with van der Waals surface area (Å²) in [6, 6.07) is 5.01. The minimum atomic E-state index is -0.344. The van der Waals surface area contributed by atoms with E-state index in [0.717, 1.165) is 36.9 Å². The largest absolute Gasteiger partial charge is 0.491 e. The van der Waals surface area contributed by atoms with Crippen LogP contribution in [0.3, 0.4) is 0 Å². The zero-order chi connectivity index (χ0) is 18.6. The van der Waals surface area contributed by atoms with Crippen molar-refractivity contribution in [2.75, 3.05) is 6.61 Å². The molecule has 0 saturated heterocycles. The Morgan fingerprint density at radius 3 is 2.31 bits per heavy atom. The molecular weight excluding hydrogens is 327 g/mol. The van der Waals surface area contributed by atoms with Gasteiger partial charge in [0, 0.05) is 11.8 Å². The van der Waals surface area contributed by atoms with Gasteiger partial charge in [0.2, 0.25) is 0 Å². The lowest BCUT2D eigenvalue weighted by Gasteiger charge is -2.09. The minimum Gasteiger partial charge on any atom is -0.491 e. The first-order valence-corrected chi connectivity index (χ1v) is 9.98. The van der Waals surface area contributed by atoms with Gasteiger partial charge in [0.05, 0.1) is 24.2 Å². The standard InChI is InChI=1S/C22H31FN2O/c1-3-5-7-9-11-19-16-25-21(17-24-19)18-12-13-22(20(23)15-18)26-14-10-8-6-4-2/h12-13,15-17H,3-11,14H2,1-2H3. The molecule has 0 atom stereocenters. The number of hydrogen-bond donors (Lipinski definition) is 0. The van der Waals surface area contributed by atoms with Crippen molar-refractivity contribution in [2.24, 2.45) is 0 Å². The van der Waals surface area contributed by atoms with Crippen molar-refractivity contribution in [3.8, 4) is 17.0 Å². The minimum absolute atomic E-state index is 0.311. The molecule has 1 aromatic carbocycles. The molecule has 2 rings (SSSR count). The molecule has 0 aliphatic carbocycles. The van der Waals surface area contributed by atoms with Crippen molar-refractivity contribution in [3.63, 3.8) is 0 Å². The zero-order valence-electron chi connectivity index (χ0n) is 16.1. The Kier molecular flexibility index (Phi) is 9.08. The first-order valence-electron chi connectivity index (χ1n) is 9.98. The van der Waals surface area contributed by atoms with Gasteiger partial charge in [-0.05, 0) is 37.5 Å². The molecular formula is C22H31FN2O. The molecule has 4 heteroatoms. The fourth-order valence-corrected chi connectivity index (χ4v) is 2.85. The number of aryl methyl sites for hydroxylation is 1. The SMILES string of the molecule is CCCCCCOc1ccc(-c2cnc(CCCCCC)cn2)cc1F. The second kappa shape index (κ2) is 11.6. The van der Waals surface area contributed by atoms with Gasteiger partial charge in [-0.3, -0.25) is 9.97 Å². The van der Waals surface area contributed by atoms with E-state index in [1.807, 2.05) is 6.07 Å². The van der Waals surface area contributed by atoms with E-state index < -0.39 is 0 Å². The van der Waals surface area contributed by atoms with E-state index >= 15 is 0 Å². The molecule has 0 spiro atoms. The van der Waals surface area contributed by atoms with Gasteiger partial charge in [-0.25, -0.2) is 4.39 Å². The van der Waals surface area contributed by atoms with Gasteiger partial charge in [-0.2, -0.15) is 0 Å². The smallest absolute Gasteiger partial charge is 0.165 e. The number of hydrogen-bond acceptors (Lipinski definition) is 3. The van der Waals surface area contributed by atoms with Gasteiger partial charge in [-0.1, -0.05) is 52.4 Å². The number of halogens is 1. The van der Waals surface area contributed by atoms with Crippen LogP contribution in [0.2, 0.25) is 0 Å². The third-order valence-electron chi connectivity index (χ3n) is 4.47. The Morgan fingerprint density at radius 2 is 1.65 bits per heavy atom. The molecule has 0 fully saturated rings. The third-order valence-corrected chi connectivity index (χ3v) is 4.47. The number of rotatable bonds is 12. The topological polar surface area (TPSA) is 35.0 Å². The van der Waals surface area contributed by atoms with Crippen molar-refractivity contribution < 1.29 is 9.13 Å². The average Bonchev–Trinajstić information content (AvgIpc) is 2.67. The summed E-state index contributed by atoms with van der Waals surface area (Å²) in [5.41, 5.74) is 2.42. The fourth-order valence-electron chi connectivity index (χ4n) is 2.85. The first-order chi connectivity index (χ1) is 12.7. The Hall–Kier alpha value is -1.97. The van der Waals surface area contributed by atoms with Crippen LogP contribution < -0.4 is 4.74 Å². The lowest BCUT2D eigenvalue weighted by molar-refractivity contribution is 0.290. The van der Waals surface area contributed by atoms with Crippen molar-refractivity contribution in [1.29, 1.82) is 0 Å². The summed E-state index contributed by atoms with van der Waals surface area (Å²) < 4.78 is 19.8. The molecule has 26 heavy (non-hydrogen) atoms. The molecule has 142 valence electrons. The highest BCUT2D eigenvalue weighted by atomic mass is 19.1. The van der Waals surface area contributed by atoms with Gasteiger partial charge in [0.15, 0.2) is 11.6 Å². The summed E-state index contributed by atoms with van der Waals surface area (Å²) in [4.78, 5) is 8.91. The molecule has 3 nitrogen and oxygen atoms in total. The summed E-state index contributed by atoms with van der Waals surface area (Å²) in [6.45, 7) is 4.93. The molecule has 0 N–H and O–H groups in total. The van der Waals surface area contributed by atoms with E-state index in [1.54, 1.807) is 18.5 Å². The predicted octanol–water partition coefficient (Wildman–Crippen LogP) is 6.36. The average molecular weight is 359 g/mol. The van der Waals surface area contributed by atoms with E-state index in [1.165, 1.54) is 38.2 Å². The van der Waals surface area contributed by atoms with Crippen LogP contribution in [-0.4, -0.2) is 16.6 Å². The highest BCUT2D eigenvalue weighted by molar-refractivity contribution is 5.59. The molecule has 0 bridgehead atoms. The molecule has 2 aromatic rings. The van der Waals surface area contributed by atoms with E-state index in [2.05, 4.69) is 23.8 Å². The summed E-state index contributed by atoms with van der Waals surface area (Å²) in [5.74, 6) is -0.0332. The maximum Gasteiger partial charge on any atom is 0.165 e. The Bertz CT molecular complexity index is 643. The molecule has 0 amide bonds. The molecule has 0 unspecified atom stereocenters. The van der Waals surface area contributed by atoms with Crippen LogP contribution in [0.25, 0.3) is 11.3 Å². The Morgan fingerprint density at radius 1 is 0.885 bits per heavy atom. The van der Waals surface area contributed by atoms with E-state index in [-0.39, 0.29) is 5.82 Å².